The number of nitrogens with zero attached hydrogens (tertiary/aromatic N) is 3. The fourth-order valence-electron chi connectivity index (χ4n) is 3.74. The first kappa shape index (κ1) is 17.3. The molecule has 7 heteroatoms. The third-order valence-electron chi connectivity index (χ3n) is 4.59. The molecule has 130 valence electrons. The molecule has 1 aliphatic rings. The van der Waals surface area contributed by atoms with Crippen LogP contribution in [-0.4, -0.2) is 40.7 Å². The van der Waals surface area contributed by atoms with Gasteiger partial charge in [-0.15, -0.1) is 0 Å². The lowest BCUT2D eigenvalue weighted by molar-refractivity contribution is -0.126. The van der Waals surface area contributed by atoms with E-state index in [0.29, 0.717) is 29.6 Å². The molecule has 0 spiro atoms. The van der Waals surface area contributed by atoms with Crippen LogP contribution in [0.3, 0.4) is 0 Å². The first-order valence-electron chi connectivity index (χ1n) is 8.18. The van der Waals surface area contributed by atoms with Crippen molar-refractivity contribution < 1.29 is 9.90 Å². The second-order valence-electron chi connectivity index (χ2n) is 7.26. The Kier molecular flexibility index (Phi) is 4.41. The van der Waals surface area contributed by atoms with Gasteiger partial charge in [0.1, 0.15) is 18.2 Å². The van der Waals surface area contributed by atoms with E-state index in [9.17, 15) is 15.2 Å². The molecule has 25 heavy (non-hydrogen) atoms. The lowest BCUT2D eigenvalue weighted by Gasteiger charge is -2.46. The highest BCUT2D eigenvalue weighted by Crippen LogP contribution is 2.40. The minimum absolute atomic E-state index is 0.0661. The van der Waals surface area contributed by atoms with E-state index in [0.717, 1.165) is 12.1 Å². The summed E-state index contributed by atoms with van der Waals surface area (Å²) < 4.78 is 0. The largest absolute Gasteiger partial charge is 0.387 e. The maximum Gasteiger partial charge on any atom is 0.246 e. The third-order valence-corrected chi connectivity index (χ3v) is 4.59. The summed E-state index contributed by atoms with van der Waals surface area (Å²) in [4.78, 5) is 20.8. The van der Waals surface area contributed by atoms with E-state index >= 15 is 0 Å². The zero-order valence-electron chi connectivity index (χ0n) is 14.3. The van der Waals surface area contributed by atoms with Crippen LogP contribution in [0.1, 0.15) is 31.4 Å². The third kappa shape index (κ3) is 3.18. The monoisotopic (exact) mass is 339 g/mol. The predicted octanol–water partition coefficient (Wildman–Crippen LogP) is 0.825. The Balaban J connectivity index is 2.22. The summed E-state index contributed by atoms with van der Waals surface area (Å²) in [5, 5.41) is 24.9. The lowest BCUT2D eigenvalue weighted by atomic mass is 9.71. The first-order valence-corrected chi connectivity index (χ1v) is 8.18. The lowest BCUT2D eigenvalue weighted by Crippen LogP contribution is -2.60. The van der Waals surface area contributed by atoms with Gasteiger partial charge in [-0.2, -0.15) is 5.26 Å². The van der Waals surface area contributed by atoms with Crippen molar-refractivity contribution in [3.8, 4) is 6.07 Å². The second kappa shape index (κ2) is 6.39. The summed E-state index contributed by atoms with van der Waals surface area (Å²) in [5.41, 5.74) is 1.56. The molecule has 3 N–H and O–H groups in total. The summed E-state index contributed by atoms with van der Waals surface area (Å²) in [5.74, 6) is -0.444. The molecule has 7 nitrogen and oxygen atoms in total. The predicted molar refractivity (Wildman–Crippen MR) is 92.4 cm³/mol. The molecule has 1 aromatic carbocycles. The maximum absolute atomic E-state index is 12.1. The molecule has 0 radical (unpaired) electrons. The Labute approximate surface area is 146 Å². The van der Waals surface area contributed by atoms with Crippen molar-refractivity contribution in [1.82, 2.24) is 20.6 Å². The summed E-state index contributed by atoms with van der Waals surface area (Å²) in [7, 11) is 0. The van der Waals surface area contributed by atoms with Gasteiger partial charge in [0, 0.05) is 31.0 Å². The van der Waals surface area contributed by atoms with Crippen molar-refractivity contribution in [2.75, 3.05) is 19.7 Å². The topological polar surface area (TPSA) is 111 Å². The number of nitriles is 1. The fourth-order valence-corrected chi connectivity index (χ4v) is 3.74. The van der Waals surface area contributed by atoms with Crippen molar-refractivity contribution in [2.24, 2.45) is 5.41 Å². The Bertz CT molecular complexity index is 858. The number of hydrogen-bond acceptors (Lipinski definition) is 6. The van der Waals surface area contributed by atoms with Crippen LogP contribution in [0.2, 0.25) is 0 Å². The number of rotatable bonds is 3. The number of piperidine rings is 1. The van der Waals surface area contributed by atoms with E-state index in [-0.39, 0.29) is 5.41 Å². The number of aromatic nitrogens is 2. The molecule has 0 unspecified atom stereocenters. The van der Waals surface area contributed by atoms with Crippen LogP contribution in [0.25, 0.3) is 11.0 Å². The van der Waals surface area contributed by atoms with Crippen LogP contribution in [0.15, 0.2) is 24.5 Å². The van der Waals surface area contributed by atoms with Gasteiger partial charge < -0.3 is 15.7 Å². The van der Waals surface area contributed by atoms with E-state index in [1.165, 1.54) is 0 Å². The Morgan fingerprint density at radius 2 is 2.04 bits per heavy atom. The highest BCUT2D eigenvalue weighted by Gasteiger charge is 2.43. The molecule has 1 fully saturated rings. The van der Waals surface area contributed by atoms with Gasteiger partial charge in [0.05, 0.1) is 16.6 Å². The van der Waals surface area contributed by atoms with Crippen molar-refractivity contribution in [2.45, 2.75) is 25.8 Å². The second-order valence-corrected chi connectivity index (χ2v) is 7.26. The quantitative estimate of drug-likeness (QED) is 0.764. The van der Waals surface area contributed by atoms with Crippen LogP contribution in [0.4, 0.5) is 0 Å². The average molecular weight is 339 g/mol. The molecule has 1 amide bonds. The molecule has 2 heterocycles. The molecule has 1 saturated heterocycles. The molecule has 0 saturated carbocycles. The number of carbonyl (C=O) groups excluding carboxylic acids is 1. The number of nitrogens with one attached hydrogen (secondary N) is 2. The summed E-state index contributed by atoms with van der Waals surface area (Å²) >= 11 is 0. The summed E-state index contributed by atoms with van der Waals surface area (Å²) in [6, 6.07) is 5.67. The van der Waals surface area contributed by atoms with Crippen molar-refractivity contribution in [3.05, 3.63) is 35.7 Å². The smallest absolute Gasteiger partial charge is 0.246 e. The number of aliphatic hydroxyl groups excluding tert-OH is 1. The van der Waals surface area contributed by atoms with E-state index in [1.807, 2.05) is 6.07 Å². The van der Waals surface area contributed by atoms with Gasteiger partial charge in [-0.1, -0.05) is 19.9 Å². The van der Waals surface area contributed by atoms with Crippen molar-refractivity contribution in [1.29, 1.82) is 5.26 Å². The summed E-state index contributed by atoms with van der Waals surface area (Å²) in [6.07, 6.45) is 3.81. The fraction of sp³-hybridized carbons (Fsp3) is 0.444. The molecular weight excluding hydrogens is 318 g/mol. The number of aliphatic hydroxyl groups is 1. The highest BCUT2D eigenvalue weighted by atomic mass is 16.3. The molecule has 1 aliphatic heterocycles. The van der Waals surface area contributed by atoms with Crippen molar-refractivity contribution in [3.63, 3.8) is 0 Å². The van der Waals surface area contributed by atoms with Gasteiger partial charge in [0.2, 0.25) is 5.91 Å². The minimum Gasteiger partial charge on any atom is -0.387 e. The van der Waals surface area contributed by atoms with Crippen molar-refractivity contribution >= 4 is 16.9 Å². The highest BCUT2D eigenvalue weighted by molar-refractivity contribution is 5.86. The van der Waals surface area contributed by atoms with Crippen LogP contribution in [-0.2, 0) is 10.3 Å². The molecule has 2 aromatic rings. The number of amides is 1. The number of benzene rings is 1. The number of fused-ring (bicyclic) bond motifs is 1. The van der Waals surface area contributed by atoms with Gasteiger partial charge in [0.25, 0.3) is 0 Å². The van der Waals surface area contributed by atoms with Gasteiger partial charge in [0.15, 0.2) is 0 Å². The van der Waals surface area contributed by atoms with Gasteiger partial charge >= 0.3 is 0 Å². The minimum atomic E-state index is -0.732. The maximum atomic E-state index is 12.1. The van der Waals surface area contributed by atoms with Crippen LogP contribution in [0.5, 0.6) is 0 Å². The Hall–Kier alpha value is -2.56. The van der Waals surface area contributed by atoms with E-state index in [2.05, 4.69) is 40.5 Å². The van der Waals surface area contributed by atoms with Gasteiger partial charge in [-0.25, -0.2) is 0 Å². The Morgan fingerprint density at radius 3 is 2.68 bits per heavy atom. The van der Waals surface area contributed by atoms with E-state index < -0.39 is 18.1 Å². The van der Waals surface area contributed by atoms with E-state index in [1.54, 1.807) is 18.5 Å². The molecule has 1 aromatic heterocycles. The number of hydrogen-bond donors (Lipinski definition) is 3. The standard InChI is InChI=1S/C18H21N5O2/c1-17(2)9-18(11-20-10-17,23-14(25)8-24)13-4-3-12(7-19)15-16(13)22-6-5-21-15/h3-6,20,24H,8-11H2,1-2H3,(H,23,25)/t18-/m0/s1. The summed E-state index contributed by atoms with van der Waals surface area (Å²) in [6.45, 7) is 5.00. The van der Waals surface area contributed by atoms with Crippen LogP contribution in [0, 0.1) is 16.7 Å². The average Bonchev–Trinajstić information content (AvgIpc) is 2.59. The zero-order chi connectivity index (χ0) is 18.1. The molecule has 0 aliphatic carbocycles. The van der Waals surface area contributed by atoms with Crippen LogP contribution >= 0.6 is 0 Å². The normalized spacial score (nSPS) is 22.3. The van der Waals surface area contributed by atoms with Crippen LogP contribution < -0.4 is 10.6 Å². The molecule has 3 rings (SSSR count). The van der Waals surface area contributed by atoms with Gasteiger partial charge in [-0.05, 0) is 17.9 Å². The molecule has 0 bridgehead atoms. The Morgan fingerprint density at radius 1 is 1.32 bits per heavy atom. The van der Waals surface area contributed by atoms with Gasteiger partial charge in [-0.3, -0.25) is 14.8 Å². The number of carbonyl (C=O) groups is 1. The van der Waals surface area contributed by atoms with E-state index in [4.69, 9.17) is 0 Å². The molecular formula is C18H21N5O2. The first-order chi connectivity index (χ1) is 11.9. The SMILES string of the molecule is CC1(C)CNC[C@](NC(=O)CO)(c2ccc(C#N)c3nccnc23)C1. The molecule has 1 atom stereocenters. The zero-order valence-corrected chi connectivity index (χ0v) is 14.3.